The minimum absolute atomic E-state index is 0.0678. The van der Waals surface area contributed by atoms with Crippen molar-refractivity contribution in [1.82, 2.24) is 0 Å². The van der Waals surface area contributed by atoms with Crippen molar-refractivity contribution in [2.75, 3.05) is 5.32 Å². The molecule has 0 saturated heterocycles. The highest BCUT2D eigenvalue weighted by atomic mass is 35.5. The predicted octanol–water partition coefficient (Wildman–Crippen LogP) is 4.28. The van der Waals surface area contributed by atoms with E-state index in [4.69, 9.17) is 11.6 Å². The lowest BCUT2D eigenvalue weighted by atomic mass is 9.81. The van der Waals surface area contributed by atoms with E-state index >= 15 is 0 Å². The number of carbonyl (C=O) groups excluding carboxylic acids is 1. The summed E-state index contributed by atoms with van der Waals surface area (Å²) < 4.78 is 13.7. The predicted molar refractivity (Wildman–Crippen MR) is 75.8 cm³/mol. The highest BCUT2D eigenvalue weighted by Crippen LogP contribution is 2.36. The average Bonchev–Trinajstić information content (AvgIpc) is 2.68. The zero-order chi connectivity index (χ0) is 14.6. The first kappa shape index (κ1) is 14.8. The summed E-state index contributed by atoms with van der Waals surface area (Å²) in [5.74, 6) is -1.00. The lowest BCUT2D eigenvalue weighted by Crippen LogP contribution is -2.34. The molecule has 0 bridgehead atoms. The summed E-state index contributed by atoms with van der Waals surface area (Å²) in [5, 5.41) is 12.2. The van der Waals surface area contributed by atoms with Crippen LogP contribution < -0.4 is 5.32 Å². The molecule has 5 heteroatoms. The molecule has 0 heterocycles. The fourth-order valence-electron chi connectivity index (χ4n) is 2.55. The Morgan fingerprint density at radius 2 is 1.95 bits per heavy atom. The number of carbonyl (C=O) groups is 1. The van der Waals surface area contributed by atoms with Crippen LogP contribution in [0.25, 0.3) is 0 Å². The molecular formula is C15H16ClFN2O. The number of nitrogens with one attached hydrogen (secondary N) is 1. The average molecular weight is 295 g/mol. The Labute approximate surface area is 122 Å². The van der Waals surface area contributed by atoms with Crippen LogP contribution >= 0.6 is 11.6 Å². The van der Waals surface area contributed by atoms with Gasteiger partial charge >= 0.3 is 0 Å². The van der Waals surface area contributed by atoms with Crippen LogP contribution in [-0.4, -0.2) is 5.91 Å². The third-order valence-corrected chi connectivity index (χ3v) is 4.02. The largest absolute Gasteiger partial charge is 0.322 e. The molecule has 1 saturated carbocycles. The fraction of sp³-hybridized carbons (Fsp3) is 0.467. The summed E-state index contributed by atoms with van der Waals surface area (Å²) in [6.07, 6.45) is 4.83. The summed E-state index contributed by atoms with van der Waals surface area (Å²) in [6.45, 7) is 0. The molecule has 0 radical (unpaired) electrons. The van der Waals surface area contributed by atoms with Gasteiger partial charge in [-0.15, -0.1) is 0 Å². The van der Waals surface area contributed by atoms with Crippen molar-refractivity contribution in [3.63, 3.8) is 0 Å². The number of hydrogen-bond donors (Lipinski definition) is 1. The van der Waals surface area contributed by atoms with Gasteiger partial charge in [-0.3, -0.25) is 4.79 Å². The van der Waals surface area contributed by atoms with E-state index in [1.54, 1.807) is 0 Å². The molecule has 1 amide bonds. The quantitative estimate of drug-likeness (QED) is 0.828. The number of amides is 1. The molecular weight excluding hydrogens is 279 g/mol. The van der Waals surface area contributed by atoms with E-state index in [0.717, 1.165) is 31.7 Å². The van der Waals surface area contributed by atoms with Gasteiger partial charge in [-0.25, -0.2) is 4.39 Å². The van der Waals surface area contributed by atoms with Crippen LogP contribution in [0.5, 0.6) is 0 Å². The molecule has 3 nitrogen and oxygen atoms in total. The summed E-state index contributed by atoms with van der Waals surface area (Å²) in [4.78, 5) is 12.4. The molecule has 1 fully saturated rings. The highest BCUT2D eigenvalue weighted by Gasteiger charge is 2.39. The van der Waals surface area contributed by atoms with Crippen LogP contribution in [0.1, 0.15) is 38.5 Å². The van der Waals surface area contributed by atoms with Gasteiger partial charge in [0.2, 0.25) is 5.91 Å². The minimum Gasteiger partial charge on any atom is -0.322 e. The maximum Gasteiger partial charge on any atom is 0.244 e. The zero-order valence-corrected chi connectivity index (χ0v) is 11.8. The maximum absolute atomic E-state index is 13.7. The summed E-state index contributed by atoms with van der Waals surface area (Å²) >= 11 is 5.67. The number of halogens is 2. The van der Waals surface area contributed by atoms with Crippen molar-refractivity contribution in [2.45, 2.75) is 38.5 Å². The molecule has 106 valence electrons. The smallest absolute Gasteiger partial charge is 0.244 e. The Hall–Kier alpha value is -1.60. The first-order valence-electron chi connectivity index (χ1n) is 6.75. The standard InChI is InChI=1S/C15H16ClFN2O/c16-11-5-6-13(12(17)9-11)19-14(20)15(10-18)7-3-1-2-4-8-15/h5-6,9H,1-4,7-8H2,(H,19,20). The van der Waals surface area contributed by atoms with Gasteiger partial charge in [0.1, 0.15) is 11.2 Å². The zero-order valence-electron chi connectivity index (χ0n) is 11.1. The lowest BCUT2D eigenvalue weighted by Gasteiger charge is -2.23. The minimum atomic E-state index is -1.04. The molecule has 20 heavy (non-hydrogen) atoms. The number of nitrogens with zero attached hydrogens (tertiary/aromatic N) is 1. The summed E-state index contributed by atoms with van der Waals surface area (Å²) in [5.41, 5.74) is -0.971. The summed E-state index contributed by atoms with van der Waals surface area (Å²) in [6, 6.07) is 6.21. The van der Waals surface area contributed by atoms with Gasteiger partial charge in [-0.2, -0.15) is 5.26 Å². The number of nitriles is 1. The van der Waals surface area contributed by atoms with Gasteiger partial charge in [0, 0.05) is 5.02 Å². The van der Waals surface area contributed by atoms with E-state index in [0.29, 0.717) is 12.8 Å². The second-order valence-corrected chi connectivity index (χ2v) is 5.62. The van der Waals surface area contributed by atoms with Gasteiger partial charge in [-0.1, -0.05) is 37.3 Å². The number of hydrogen-bond acceptors (Lipinski definition) is 2. The normalized spacial score (nSPS) is 17.9. The number of rotatable bonds is 2. The van der Waals surface area contributed by atoms with Crippen LogP contribution in [0.2, 0.25) is 5.02 Å². The molecule has 1 aromatic rings. The molecule has 0 atom stereocenters. The van der Waals surface area contributed by atoms with Crippen molar-refractivity contribution >= 4 is 23.2 Å². The molecule has 0 unspecified atom stereocenters. The molecule has 1 N–H and O–H groups in total. The van der Waals surface area contributed by atoms with Crippen LogP contribution in [-0.2, 0) is 4.79 Å². The third kappa shape index (κ3) is 3.10. The Morgan fingerprint density at radius 3 is 2.50 bits per heavy atom. The van der Waals surface area contributed by atoms with Crippen molar-refractivity contribution in [2.24, 2.45) is 5.41 Å². The molecule has 2 rings (SSSR count). The van der Waals surface area contributed by atoms with Gasteiger partial charge in [0.15, 0.2) is 0 Å². The van der Waals surface area contributed by atoms with Crippen molar-refractivity contribution < 1.29 is 9.18 Å². The van der Waals surface area contributed by atoms with Crippen LogP contribution in [0, 0.1) is 22.6 Å². The van der Waals surface area contributed by atoms with Crippen molar-refractivity contribution in [3.8, 4) is 6.07 Å². The Balaban J connectivity index is 2.19. The van der Waals surface area contributed by atoms with Crippen molar-refractivity contribution in [3.05, 3.63) is 29.0 Å². The van der Waals surface area contributed by atoms with Gasteiger partial charge in [-0.05, 0) is 31.0 Å². The second-order valence-electron chi connectivity index (χ2n) is 5.19. The Kier molecular flexibility index (Phi) is 4.61. The first-order chi connectivity index (χ1) is 9.57. The Bertz CT molecular complexity index is 545. The number of anilines is 1. The van der Waals surface area contributed by atoms with E-state index in [2.05, 4.69) is 11.4 Å². The molecule has 0 spiro atoms. The van der Waals surface area contributed by atoms with E-state index < -0.39 is 17.1 Å². The third-order valence-electron chi connectivity index (χ3n) is 3.79. The van der Waals surface area contributed by atoms with Crippen molar-refractivity contribution in [1.29, 1.82) is 5.26 Å². The van der Waals surface area contributed by atoms with Crippen LogP contribution in [0.4, 0.5) is 10.1 Å². The first-order valence-corrected chi connectivity index (χ1v) is 7.13. The van der Waals surface area contributed by atoms with E-state index in [1.165, 1.54) is 12.1 Å². The Morgan fingerprint density at radius 1 is 1.30 bits per heavy atom. The molecule has 1 aliphatic rings. The van der Waals surface area contributed by atoms with E-state index in [-0.39, 0.29) is 10.7 Å². The van der Waals surface area contributed by atoms with Crippen LogP contribution in [0.15, 0.2) is 18.2 Å². The van der Waals surface area contributed by atoms with Crippen LogP contribution in [0.3, 0.4) is 0 Å². The molecule has 0 aliphatic heterocycles. The highest BCUT2D eigenvalue weighted by molar-refractivity contribution is 6.30. The van der Waals surface area contributed by atoms with Gasteiger partial charge in [0.05, 0.1) is 11.8 Å². The molecule has 1 aromatic carbocycles. The SMILES string of the molecule is N#CC1(C(=O)Nc2ccc(Cl)cc2F)CCCCCC1. The molecule has 0 aromatic heterocycles. The lowest BCUT2D eigenvalue weighted by molar-refractivity contribution is -0.123. The van der Waals surface area contributed by atoms with E-state index in [1.807, 2.05) is 0 Å². The van der Waals surface area contributed by atoms with Gasteiger partial charge in [0.25, 0.3) is 0 Å². The summed E-state index contributed by atoms with van der Waals surface area (Å²) in [7, 11) is 0. The molecule has 1 aliphatic carbocycles. The second kappa shape index (κ2) is 6.23. The number of benzene rings is 1. The monoisotopic (exact) mass is 294 g/mol. The van der Waals surface area contributed by atoms with E-state index in [9.17, 15) is 14.4 Å². The fourth-order valence-corrected chi connectivity index (χ4v) is 2.71. The topological polar surface area (TPSA) is 52.9 Å². The maximum atomic E-state index is 13.7. The van der Waals surface area contributed by atoms with Gasteiger partial charge < -0.3 is 5.32 Å².